The molecule has 1 amide bonds. The van der Waals surface area contributed by atoms with Crippen LogP contribution >= 0.6 is 0 Å². The first kappa shape index (κ1) is 13.0. The van der Waals surface area contributed by atoms with Gasteiger partial charge in [-0.25, -0.2) is 0 Å². The van der Waals surface area contributed by atoms with Gasteiger partial charge in [0.1, 0.15) is 0 Å². The molecule has 0 aliphatic carbocycles. The van der Waals surface area contributed by atoms with E-state index in [-0.39, 0.29) is 18.0 Å². The van der Waals surface area contributed by atoms with Gasteiger partial charge in [0.15, 0.2) is 0 Å². The third-order valence-corrected chi connectivity index (χ3v) is 3.12. The van der Waals surface area contributed by atoms with Crippen LogP contribution in [-0.4, -0.2) is 35.6 Å². The van der Waals surface area contributed by atoms with Crippen molar-refractivity contribution in [1.82, 2.24) is 10.6 Å². The number of hydrogen-bond acceptors (Lipinski definition) is 3. The highest BCUT2D eigenvalue weighted by Gasteiger charge is 2.23. The summed E-state index contributed by atoms with van der Waals surface area (Å²) in [5.74, 6) is -1.51. The molecule has 1 heterocycles. The van der Waals surface area contributed by atoms with Crippen LogP contribution < -0.4 is 10.6 Å². The molecule has 0 spiro atoms. The van der Waals surface area contributed by atoms with Crippen molar-refractivity contribution in [2.24, 2.45) is 5.92 Å². The van der Waals surface area contributed by atoms with Gasteiger partial charge in [-0.1, -0.05) is 0 Å². The van der Waals surface area contributed by atoms with Gasteiger partial charge in [-0.3, -0.25) is 9.59 Å². The van der Waals surface area contributed by atoms with Crippen molar-refractivity contribution in [3.8, 4) is 0 Å². The third kappa shape index (κ3) is 3.81. The van der Waals surface area contributed by atoms with Gasteiger partial charge in [-0.15, -0.1) is 0 Å². The summed E-state index contributed by atoms with van der Waals surface area (Å²) in [6, 6.07) is -0.0706. The largest absolute Gasteiger partial charge is 0.481 e. The zero-order chi connectivity index (χ0) is 12.1. The Morgan fingerprint density at radius 2 is 2.19 bits per heavy atom. The molecule has 1 saturated heterocycles. The molecular weight excluding hydrogens is 208 g/mol. The van der Waals surface area contributed by atoms with Crippen LogP contribution in [0.2, 0.25) is 0 Å². The minimum atomic E-state index is -0.883. The van der Waals surface area contributed by atoms with E-state index in [1.54, 1.807) is 13.8 Å². The van der Waals surface area contributed by atoms with E-state index in [1.165, 1.54) is 0 Å². The molecule has 0 saturated carbocycles. The lowest BCUT2D eigenvalue weighted by Gasteiger charge is -2.19. The summed E-state index contributed by atoms with van der Waals surface area (Å²) in [5, 5.41) is 14.7. The number of carbonyl (C=O) groups is 2. The quantitative estimate of drug-likeness (QED) is 0.634. The molecule has 1 rings (SSSR count). The Labute approximate surface area is 95.6 Å². The van der Waals surface area contributed by atoms with E-state index in [0.717, 1.165) is 19.4 Å². The molecule has 0 bridgehead atoms. The van der Waals surface area contributed by atoms with E-state index in [2.05, 4.69) is 10.6 Å². The third-order valence-electron chi connectivity index (χ3n) is 3.12. The summed E-state index contributed by atoms with van der Waals surface area (Å²) in [7, 11) is 0. The smallest absolute Gasteiger partial charge is 0.308 e. The first-order valence-electron chi connectivity index (χ1n) is 5.76. The standard InChI is InChI=1S/C11H20N2O3/c1-7(11(15)16)8(2)13-10(14)6-9-4-3-5-12-9/h7-9,12H,3-6H2,1-2H3,(H,13,14)(H,15,16). The van der Waals surface area contributed by atoms with Crippen LogP contribution in [0.3, 0.4) is 0 Å². The van der Waals surface area contributed by atoms with Crippen LogP contribution in [0.1, 0.15) is 33.1 Å². The van der Waals surface area contributed by atoms with Crippen LogP contribution in [0.4, 0.5) is 0 Å². The molecule has 3 atom stereocenters. The van der Waals surface area contributed by atoms with Crippen molar-refractivity contribution in [3.63, 3.8) is 0 Å². The fourth-order valence-electron chi connectivity index (χ4n) is 1.81. The average Bonchev–Trinajstić information content (AvgIpc) is 2.68. The van der Waals surface area contributed by atoms with E-state index in [9.17, 15) is 9.59 Å². The highest BCUT2D eigenvalue weighted by atomic mass is 16.4. The van der Waals surface area contributed by atoms with E-state index in [4.69, 9.17) is 5.11 Å². The Balaban J connectivity index is 2.29. The summed E-state index contributed by atoms with van der Waals surface area (Å²) >= 11 is 0. The second-order valence-electron chi connectivity index (χ2n) is 4.48. The van der Waals surface area contributed by atoms with E-state index in [0.29, 0.717) is 6.42 Å². The van der Waals surface area contributed by atoms with Gasteiger partial charge in [-0.2, -0.15) is 0 Å². The van der Waals surface area contributed by atoms with Crippen LogP contribution in [0.25, 0.3) is 0 Å². The molecule has 0 aromatic carbocycles. The van der Waals surface area contributed by atoms with Crippen molar-refractivity contribution >= 4 is 11.9 Å². The fourth-order valence-corrected chi connectivity index (χ4v) is 1.81. The number of hydrogen-bond donors (Lipinski definition) is 3. The van der Waals surface area contributed by atoms with Gasteiger partial charge in [0.25, 0.3) is 0 Å². The summed E-state index contributed by atoms with van der Waals surface area (Å²) in [6.45, 7) is 4.29. The highest BCUT2D eigenvalue weighted by molar-refractivity contribution is 5.78. The lowest BCUT2D eigenvalue weighted by molar-refractivity contribution is -0.142. The van der Waals surface area contributed by atoms with Crippen molar-refractivity contribution in [2.45, 2.75) is 45.2 Å². The summed E-state index contributed by atoms with van der Waals surface area (Å²) in [4.78, 5) is 22.3. The molecule has 0 aromatic rings. The van der Waals surface area contributed by atoms with Gasteiger partial charge >= 0.3 is 5.97 Å². The predicted molar refractivity (Wildman–Crippen MR) is 60.0 cm³/mol. The molecule has 1 aliphatic rings. The maximum absolute atomic E-state index is 11.6. The Hall–Kier alpha value is -1.10. The number of aliphatic carboxylic acids is 1. The number of carboxylic acid groups (broad SMARTS) is 1. The summed E-state index contributed by atoms with van der Waals surface area (Å²) in [6.07, 6.45) is 2.58. The molecule has 5 nitrogen and oxygen atoms in total. The SMILES string of the molecule is CC(NC(=O)CC1CCCN1)C(C)C(=O)O. The monoisotopic (exact) mass is 228 g/mol. The molecule has 92 valence electrons. The molecular formula is C11H20N2O3. The molecule has 5 heteroatoms. The first-order chi connectivity index (χ1) is 7.50. The first-order valence-corrected chi connectivity index (χ1v) is 5.76. The Kier molecular flexibility index (Phi) is 4.73. The zero-order valence-corrected chi connectivity index (χ0v) is 9.82. The number of amides is 1. The van der Waals surface area contributed by atoms with E-state index in [1.807, 2.05) is 0 Å². The Morgan fingerprint density at radius 3 is 2.69 bits per heavy atom. The van der Waals surface area contributed by atoms with Gasteiger partial charge in [0.05, 0.1) is 5.92 Å². The fraction of sp³-hybridized carbons (Fsp3) is 0.818. The second kappa shape index (κ2) is 5.84. The molecule has 0 radical (unpaired) electrons. The van der Waals surface area contributed by atoms with E-state index >= 15 is 0 Å². The van der Waals surface area contributed by atoms with Crippen molar-refractivity contribution < 1.29 is 14.7 Å². The zero-order valence-electron chi connectivity index (χ0n) is 9.82. The Bertz CT molecular complexity index is 262. The predicted octanol–water partition coefficient (Wildman–Crippen LogP) is 0.354. The molecule has 16 heavy (non-hydrogen) atoms. The lowest BCUT2D eigenvalue weighted by Crippen LogP contribution is -2.42. The molecule has 0 aromatic heterocycles. The molecule has 3 N–H and O–H groups in total. The van der Waals surface area contributed by atoms with Gasteiger partial charge in [0, 0.05) is 18.5 Å². The topological polar surface area (TPSA) is 78.4 Å². The van der Waals surface area contributed by atoms with Gasteiger partial charge < -0.3 is 15.7 Å². The second-order valence-corrected chi connectivity index (χ2v) is 4.48. The lowest BCUT2D eigenvalue weighted by atomic mass is 10.0. The molecule has 1 fully saturated rings. The van der Waals surface area contributed by atoms with Crippen molar-refractivity contribution in [3.05, 3.63) is 0 Å². The highest BCUT2D eigenvalue weighted by Crippen LogP contribution is 2.09. The van der Waals surface area contributed by atoms with Crippen LogP contribution in [-0.2, 0) is 9.59 Å². The normalized spacial score (nSPS) is 23.8. The number of carbonyl (C=O) groups excluding carboxylic acids is 1. The average molecular weight is 228 g/mol. The minimum absolute atomic E-state index is 0.0694. The molecule has 3 unspecified atom stereocenters. The van der Waals surface area contributed by atoms with E-state index < -0.39 is 11.9 Å². The summed E-state index contributed by atoms with van der Waals surface area (Å²) in [5.41, 5.74) is 0. The number of nitrogens with one attached hydrogen (secondary N) is 2. The molecule has 1 aliphatic heterocycles. The van der Waals surface area contributed by atoms with Crippen molar-refractivity contribution in [1.29, 1.82) is 0 Å². The van der Waals surface area contributed by atoms with Crippen LogP contribution in [0.15, 0.2) is 0 Å². The summed E-state index contributed by atoms with van der Waals surface area (Å²) < 4.78 is 0. The minimum Gasteiger partial charge on any atom is -0.481 e. The van der Waals surface area contributed by atoms with Gasteiger partial charge in [-0.05, 0) is 33.2 Å². The van der Waals surface area contributed by atoms with Gasteiger partial charge in [0.2, 0.25) is 5.91 Å². The van der Waals surface area contributed by atoms with Crippen LogP contribution in [0.5, 0.6) is 0 Å². The number of carboxylic acids is 1. The maximum atomic E-state index is 11.6. The number of rotatable bonds is 5. The maximum Gasteiger partial charge on any atom is 0.308 e. The van der Waals surface area contributed by atoms with Crippen molar-refractivity contribution in [2.75, 3.05) is 6.54 Å². The Morgan fingerprint density at radius 1 is 1.50 bits per heavy atom. The van der Waals surface area contributed by atoms with Crippen LogP contribution in [0, 0.1) is 5.92 Å².